The Balaban J connectivity index is 2.13. The van der Waals surface area contributed by atoms with Crippen LogP contribution in [0.5, 0.6) is 0 Å². The van der Waals surface area contributed by atoms with Crippen LogP contribution in [0.3, 0.4) is 0 Å². The van der Waals surface area contributed by atoms with Crippen molar-refractivity contribution in [3.8, 4) is 0 Å². The molecule has 1 amide bonds. The van der Waals surface area contributed by atoms with E-state index < -0.39 is 0 Å². The number of halogens is 1. The molecule has 1 heterocycles. The number of nitrogens with zero attached hydrogens (tertiary/aromatic N) is 1. The molecule has 1 saturated heterocycles. The van der Waals surface area contributed by atoms with Gasteiger partial charge < -0.3 is 4.90 Å². The van der Waals surface area contributed by atoms with E-state index in [9.17, 15) is 4.79 Å². The van der Waals surface area contributed by atoms with Crippen molar-refractivity contribution in [1.29, 1.82) is 0 Å². The molecular formula is C14H19ClN2OS. The van der Waals surface area contributed by atoms with Crippen molar-refractivity contribution >= 4 is 29.3 Å². The van der Waals surface area contributed by atoms with Gasteiger partial charge in [0.25, 0.3) is 0 Å². The summed E-state index contributed by atoms with van der Waals surface area (Å²) in [6, 6.07) is 7.70. The van der Waals surface area contributed by atoms with Crippen molar-refractivity contribution in [3.05, 3.63) is 34.9 Å². The number of nitrogens with one attached hydrogen (secondary N) is 1. The van der Waals surface area contributed by atoms with E-state index in [1.807, 2.05) is 40.9 Å². The summed E-state index contributed by atoms with van der Waals surface area (Å²) >= 11 is 7.84. The minimum absolute atomic E-state index is 0.0458. The zero-order valence-corrected chi connectivity index (χ0v) is 12.8. The SMILES string of the molecule is CSCC(C)CN1C(=O)CNC1c1cccc(Cl)c1. The Morgan fingerprint density at radius 3 is 3.05 bits per heavy atom. The molecule has 0 saturated carbocycles. The fourth-order valence-electron chi connectivity index (χ4n) is 2.39. The molecule has 2 unspecified atom stereocenters. The van der Waals surface area contributed by atoms with Gasteiger partial charge in [-0.15, -0.1) is 0 Å². The van der Waals surface area contributed by atoms with Gasteiger partial charge in [-0.2, -0.15) is 11.8 Å². The standard InChI is InChI=1S/C14H19ClN2OS/c1-10(9-19-2)8-17-13(18)7-16-14(17)11-4-3-5-12(15)6-11/h3-6,10,14,16H,7-9H2,1-2H3. The Morgan fingerprint density at radius 1 is 1.58 bits per heavy atom. The second-order valence-corrected chi connectivity index (χ2v) is 6.29. The summed E-state index contributed by atoms with van der Waals surface area (Å²) in [4.78, 5) is 13.9. The molecule has 1 aromatic carbocycles. The molecule has 0 bridgehead atoms. The molecular weight excluding hydrogens is 280 g/mol. The summed E-state index contributed by atoms with van der Waals surface area (Å²) in [6.07, 6.45) is 2.05. The lowest BCUT2D eigenvalue weighted by atomic mass is 10.1. The van der Waals surface area contributed by atoms with Crippen molar-refractivity contribution < 1.29 is 4.79 Å². The minimum atomic E-state index is -0.0458. The van der Waals surface area contributed by atoms with Crippen molar-refractivity contribution in [2.45, 2.75) is 13.1 Å². The molecule has 2 atom stereocenters. The Bertz CT molecular complexity index is 455. The molecule has 1 aromatic rings. The number of amides is 1. The lowest BCUT2D eigenvalue weighted by Crippen LogP contribution is -2.34. The molecule has 1 aliphatic heterocycles. The van der Waals surface area contributed by atoms with Gasteiger partial charge in [0.05, 0.1) is 6.54 Å². The topological polar surface area (TPSA) is 32.3 Å². The van der Waals surface area contributed by atoms with Crippen LogP contribution in [0.4, 0.5) is 0 Å². The largest absolute Gasteiger partial charge is 0.322 e. The Kier molecular flexibility index (Phi) is 5.13. The Morgan fingerprint density at radius 2 is 2.37 bits per heavy atom. The number of hydrogen-bond acceptors (Lipinski definition) is 3. The van der Waals surface area contributed by atoms with Crippen LogP contribution in [-0.2, 0) is 4.79 Å². The molecule has 0 spiro atoms. The van der Waals surface area contributed by atoms with E-state index in [4.69, 9.17) is 11.6 Å². The summed E-state index contributed by atoms with van der Waals surface area (Å²) in [6.45, 7) is 3.37. The molecule has 19 heavy (non-hydrogen) atoms. The second kappa shape index (κ2) is 6.64. The minimum Gasteiger partial charge on any atom is -0.322 e. The van der Waals surface area contributed by atoms with Gasteiger partial charge in [0.2, 0.25) is 5.91 Å². The van der Waals surface area contributed by atoms with Crippen LogP contribution < -0.4 is 5.32 Å². The molecule has 104 valence electrons. The fourth-order valence-corrected chi connectivity index (χ4v) is 3.27. The van der Waals surface area contributed by atoms with E-state index in [-0.39, 0.29) is 12.1 Å². The Hall–Kier alpha value is -0.710. The van der Waals surface area contributed by atoms with Crippen LogP contribution in [0.15, 0.2) is 24.3 Å². The smallest absolute Gasteiger partial charge is 0.238 e. The van der Waals surface area contributed by atoms with Crippen molar-refractivity contribution in [2.75, 3.05) is 25.1 Å². The number of carbonyl (C=O) groups is 1. The monoisotopic (exact) mass is 298 g/mol. The summed E-state index contributed by atoms with van der Waals surface area (Å²) in [5.74, 6) is 1.71. The molecule has 3 nitrogen and oxygen atoms in total. The maximum absolute atomic E-state index is 12.0. The molecule has 1 N–H and O–H groups in total. The lowest BCUT2D eigenvalue weighted by molar-refractivity contribution is -0.128. The average molecular weight is 299 g/mol. The van der Waals surface area contributed by atoms with Crippen molar-refractivity contribution in [1.82, 2.24) is 10.2 Å². The predicted octanol–water partition coefficient (Wildman–Crippen LogP) is 2.77. The van der Waals surface area contributed by atoms with Crippen molar-refractivity contribution in [3.63, 3.8) is 0 Å². The fraction of sp³-hybridized carbons (Fsp3) is 0.500. The molecule has 5 heteroatoms. The van der Waals surface area contributed by atoms with Gasteiger partial charge in [-0.1, -0.05) is 30.7 Å². The van der Waals surface area contributed by atoms with Crippen LogP contribution >= 0.6 is 23.4 Å². The molecule has 0 aromatic heterocycles. The van der Waals surface area contributed by atoms with Crippen LogP contribution in [-0.4, -0.2) is 35.9 Å². The highest BCUT2D eigenvalue weighted by atomic mass is 35.5. The summed E-state index contributed by atoms with van der Waals surface area (Å²) in [5, 5.41) is 3.96. The van der Waals surface area contributed by atoms with E-state index in [2.05, 4.69) is 18.5 Å². The zero-order chi connectivity index (χ0) is 13.8. The molecule has 1 fully saturated rings. The van der Waals surface area contributed by atoms with Crippen molar-refractivity contribution in [2.24, 2.45) is 5.92 Å². The first-order valence-corrected chi connectivity index (χ1v) is 8.16. The lowest BCUT2D eigenvalue weighted by Gasteiger charge is -2.27. The van der Waals surface area contributed by atoms with Gasteiger partial charge in [-0.05, 0) is 35.6 Å². The normalized spacial score (nSPS) is 20.9. The van der Waals surface area contributed by atoms with E-state index in [1.54, 1.807) is 0 Å². The third kappa shape index (κ3) is 3.65. The quantitative estimate of drug-likeness (QED) is 0.907. The molecule has 1 aliphatic rings. The van der Waals surface area contributed by atoms with E-state index >= 15 is 0 Å². The average Bonchev–Trinajstić information content (AvgIpc) is 2.71. The third-order valence-electron chi connectivity index (χ3n) is 3.20. The van der Waals surface area contributed by atoms with Gasteiger partial charge in [-0.25, -0.2) is 0 Å². The molecule has 0 aliphatic carbocycles. The van der Waals surface area contributed by atoms with E-state index in [1.165, 1.54) is 0 Å². The molecule has 2 rings (SSSR count). The highest BCUT2D eigenvalue weighted by Crippen LogP contribution is 2.26. The van der Waals surface area contributed by atoms with Gasteiger partial charge in [0.15, 0.2) is 0 Å². The summed E-state index contributed by atoms with van der Waals surface area (Å²) in [7, 11) is 0. The maximum atomic E-state index is 12.0. The first-order chi connectivity index (χ1) is 9.11. The first kappa shape index (κ1) is 14.7. The summed E-state index contributed by atoms with van der Waals surface area (Å²) < 4.78 is 0. The van der Waals surface area contributed by atoms with Gasteiger partial charge in [0.1, 0.15) is 6.17 Å². The van der Waals surface area contributed by atoms with Gasteiger partial charge >= 0.3 is 0 Å². The highest BCUT2D eigenvalue weighted by Gasteiger charge is 2.32. The number of rotatable bonds is 5. The van der Waals surface area contributed by atoms with Crippen LogP contribution in [0.25, 0.3) is 0 Å². The summed E-state index contributed by atoms with van der Waals surface area (Å²) in [5.41, 5.74) is 1.05. The maximum Gasteiger partial charge on any atom is 0.238 e. The van der Waals surface area contributed by atoms with Gasteiger partial charge in [-0.3, -0.25) is 10.1 Å². The predicted molar refractivity (Wildman–Crippen MR) is 81.5 cm³/mol. The number of benzene rings is 1. The van der Waals surface area contributed by atoms with Crippen LogP contribution in [0.2, 0.25) is 5.02 Å². The van der Waals surface area contributed by atoms with Gasteiger partial charge in [0, 0.05) is 11.6 Å². The number of thioether (sulfide) groups is 1. The number of hydrogen-bond donors (Lipinski definition) is 1. The number of carbonyl (C=O) groups excluding carboxylic acids is 1. The third-order valence-corrected chi connectivity index (χ3v) is 4.34. The second-order valence-electron chi connectivity index (χ2n) is 4.95. The zero-order valence-electron chi connectivity index (χ0n) is 11.2. The van der Waals surface area contributed by atoms with E-state index in [0.29, 0.717) is 17.5 Å². The highest BCUT2D eigenvalue weighted by molar-refractivity contribution is 7.98. The Labute approximate surface area is 123 Å². The van der Waals surface area contributed by atoms with E-state index in [0.717, 1.165) is 17.9 Å². The van der Waals surface area contributed by atoms with Crippen LogP contribution in [0, 0.1) is 5.92 Å². The first-order valence-electron chi connectivity index (χ1n) is 6.39. The molecule has 0 radical (unpaired) electrons. The van der Waals surface area contributed by atoms with Crippen LogP contribution in [0.1, 0.15) is 18.7 Å².